The maximum absolute atomic E-state index is 13.2. The number of nitrogens with one attached hydrogen (secondary N) is 1. The van der Waals surface area contributed by atoms with Gasteiger partial charge in [-0.05, 0) is 70.6 Å². The summed E-state index contributed by atoms with van der Waals surface area (Å²) in [7, 11) is 0. The summed E-state index contributed by atoms with van der Waals surface area (Å²) in [6.45, 7) is 0. The SMILES string of the molecule is Fc1ccc(NC2CC(c3ccc(Cl)cc3)C2)cc1Br. The predicted octanol–water partition coefficient (Wildman–Crippen LogP) is 5.60. The molecule has 1 N–H and O–H groups in total. The van der Waals surface area contributed by atoms with Crippen molar-refractivity contribution in [2.75, 3.05) is 5.32 Å². The molecule has 0 bridgehead atoms. The molecule has 0 atom stereocenters. The average molecular weight is 355 g/mol. The highest BCUT2D eigenvalue weighted by atomic mass is 79.9. The van der Waals surface area contributed by atoms with E-state index in [1.165, 1.54) is 11.6 Å². The van der Waals surface area contributed by atoms with Crippen molar-refractivity contribution in [3.05, 3.63) is 63.3 Å². The molecule has 1 saturated carbocycles. The van der Waals surface area contributed by atoms with Gasteiger partial charge in [-0.1, -0.05) is 23.7 Å². The van der Waals surface area contributed by atoms with Crippen LogP contribution in [0, 0.1) is 5.82 Å². The molecule has 1 nitrogen and oxygen atoms in total. The molecule has 4 heteroatoms. The lowest BCUT2D eigenvalue weighted by molar-refractivity contribution is 0.374. The van der Waals surface area contributed by atoms with Gasteiger partial charge in [0.15, 0.2) is 0 Å². The van der Waals surface area contributed by atoms with Gasteiger partial charge in [-0.2, -0.15) is 0 Å². The summed E-state index contributed by atoms with van der Waals surface area (Å²) in [5.74, 6) is 0.358. The minimum Gasteiger partial charge on any atom is -0.382 e. The summed E-state index contributed by atoms with van der Waals surface area (Å²) < 4.78 is 13.7. The van der Waals surface area contributed by atoms with Gasteiger partial charge in [0.2, 0.25) is 0 Å². The Morgan fingerprint density at radius 2 is 1.80 bits per heavy atom. The summed E-state index contributed by atoms with van der Waals surface area (Å²) in [6, 6.07) is 13.6. The van der Waals surface area contributed by atoms with Gasteiger partial charge in [-0.3, -0.25) is 0 Å². The minimum absolute atomic E-state index is 0.233. The van der Waals surface area contributed by atoms with Crippen LogP contribution in [-0.4, -0.2) is 6.04 Å². The van der Waals surface area contributed by atoms with Crippen LogP contribution in [-0.2, 0) is 0 Å². The van der Waals surface area contributed by atoms with Gasteiger partial charge in [0.25, 0.3) is 0 Å². The van der Waals surface area contributed by atoms with Crippen LogP contribution < -0.4 is 5.32 Å². The minimum atomic E-state index is -0.233. The second-order valence-electron chi connectivity index (χ2n) is 5.19. The van der Waals surface area contributed by atoms with Gasteiger partial charge >= 0.3 is 0 Å². The first-order valence-corrected chi connectivity index (χ1v) is 7.76. The molecule has 20 heavy (non-hydrogen) atoms. The molecule has 0 aromatic heterocycles. The van der Waals surface area contributed by atoms with E-state index in [-0.39, 0.29) is 5.82 Å². The molecule has 0 unspecified atom stereocenters. The quantitative estimate of drug-likeness (QED) is 0.756. The Hall–Kier alpha value is -1.06. The van der Waals surface area contributed by atoms with Crippen LogP contribution in [0.2, 0.25) is 5.02 Å². The van der Waals surface area contributed by atoms with E-state index in [1.807, 2.05) is 12.1 Å². The molecule has 3 rings (SSSR count). The molecule has 1 aliphatic rings. The number of halogens is 3. The third-order valence-corrected chi connectivity index (χ3v) is 4.63. The molecule has 104 valence electrons. The van der Waals surface area contributed by atoms with E-state index in [0.717, 1.165) is 23.6 Å². The Morgan fingerprint density at radius 3 is 2.45 bits per heavy atom. The lowest BCUT2D eigenvalue weighted by Gasteiger charge is -2.37. The first kappa shape index (κ1) is 13.9. The summed E-state index contributed by atoms with van der Waals surface area (Å²) in [5.41, 5.74) is 2.30. The highest BCUT2D eigenvalue weighted by molar-refractivity contribution is 9.10. The predicted molar refractivity (Wildman–Crippen MR) is 84.9 cm³/mol. The van der Waals surface area contributed by atoms with E-state index in [0.29, 0.717) is 16.4 Å². The average Bonchev–Trinajstić information content (AvgIpc) is 2.39. The van der Waals surface area contributed by atoms with Crippen LogP contribution in [0.1, 0.15) is 24.3 Å². The van der Waals surface area contributed by atoms with E-state index >= 15 is 0 Å². The van der Waals surface area contributed by atoms with Gasteiger partial charge < -0.3 is 5.32 Å². The zero-order chi connectivity index (χ0) is 14.1. The van der Waals surface area contributed by atoms with E-state index in [4.69, 9.17) is 11.6 Å². The molecule has 1 aliphatic carbocycles. The first-order chi connectivity index (χ1) is 9.61. The maximum Gasteiger partial charge on any atom is 0.137 e. The van der Waals surface area contributed by atoms with E-state index in [1.54, 1.807) is 12.1 Å². The van der Waals surface area contributed by atoms with E-state index in [2.05, 4.69) is 33.4 Å². The number of hydrogen-bond acceptors (Lipinski definition) is 1. The fourth-order valence-corrected chi connectivity index (χ4v) is 3.07. The van der Waals surface area contributed by atoms with Gasteiger partial charge in [0, 0.05) is 16.8 Å². The summed E-state index contributed by atoms with van der Waals surface area (Å²) in [4.78, 5) is 0. The largest absolute Gasteiger partial charge is 0.382 e. The summed E-state index contributed by atoms with van der Waals surface area (Å²) >= 11 is 9.10. The van der Waals surface area contributed by atoms with Crippen LogP contribution in [0.25, 0.3) is 0 Å². The topological polar surface area (TPSA) is 12.0 Å². The number of hydrogen-bond donors (Lipinski definition) is 1. The molecule has 0 amide bonds. The van der Waals surface area contributed by atoms with Crippen molar-refractivity contribution in [2.45, 2.75) is 24.8 Å². The fourth-order valence-electron chi connectivity index (χ4n) is 2.56. The van der Waals surface area contributed by atoms with Crippen molar-refractivity contribution < 1.29 is 4.39 Å². The highest BCUT2D eigenvalue weighted by Gasteiger charge is 2.30. The Balaban J connectivity index is 1.58. The van der Waals surface area contributed by atoms with Gasteiger partial charge in [0.05, 0.1) is 4.47 Å². The fraction of sp³-hybridized carbons (Fsp3) is 0.250. The molecular formula is C16H14BrClFN. The standard InChI is InChI=1S/C16H14BrClFN/c17-15-9-13(5-6-16(15)19)20-14-7-11(8-14)10-1-3-12(18)4-2-10/h1-6,9,11,14,20H,7-8H2. The first-order valence-electron chi connectivity index (χ1n) is 6.59. The van der Waals surface area contributed by atoms with E-state index in [9.17, 15) is 4.39 Å². The smallest absolute Gasteiger partial charge is 0.137 e. The van der Waals surface area contributed by atoms with Crippen LogP contribution in [0.5, 0.6) is 0 Å². The van der Waals surface area contributed by atoms with Crippen LogP contribution in [0.4, 0.5) is 10.1 Å². The number of benzene rings is 2. The summed E-state index contributed by atoms with van der Waals surface area (Å²) in [5, 5.41) is 4.21. The Bertz CT molecular complexity index is 608. The van der Waals surface area contributed by atoms with Crippen LogP contribution in [0.3, 0.4) is 0 Å². The second kappa shape index (κ2) is 5.74. The van der Waals surface area contributed by atoms with Crippen molar-refractivity contribution in [3.63, 3.8) is 0 Å². The van der Waals surface area contributed by atoms with Crippen LogP contribution >= 0.6 is 27.5 Å². The van der Waals surface area contributed by atoms with Gasteiger partial charge in [-0.15, -0.1) is 0 Å². The maximum atomic E-state index is 13.2. The van der Waals surface area contributed by atoms with Gasteiger partial charge in [-0.25, -0.2) is 4.39 Å². The molecule has 0 saturated heterocycles. The lowest BCUT2D eigenvalue weighted by atomic mass is 9.76. The molecule has 1 fully saturated rings. The van der Waals surface area contributed by atoms with Gasteiger partial charge in [0.1, 0.15) is 5.82 Å². The summed E-state index contributed by atoms with van der Waals surface area (Å²) in [6.07, 6.45) is 2.19. The third-order valence-electron chi connectivity index (χ3n) is 3.77. The third kappa shape index (κ3) is 2.99. The van der Waals surface area contributed by atoms with Crippen molar-refractivity contribution in [2.24, 2.45) is 0 Å². The zero-order valence-corrected chi connectivity index (χ0v) is 13.1. The van der Waals surface area contributed by atoms with Crippen molar-refractivity contribution in [3.8, 4) is 0 Å². The molecule has 0 heterocycles. The highest BCUT2D eigenvalue weighted by Crippen LogP contribution is 2.39. The Labute approximate surface area is 131 Å². The van der Waals surface area contributed by atoms with Crippen molar-refractivity contribution >= 4 is 33.2 Å². The number of anilines is 1. The molecular weight excluding hydrogens is 341 g/mol. The molecule has 2 aromatic carbocycles. The molecule has 0 aliphatic heterocycles. The molecule has 0 spiro atoms. The van der Waals surface area contributed by atoms with Crippen LogP contribution in [0.15, 0.2) is 46.9 Å². The Morgan fingerprint density at radius 1 is 1.10 bits per heavy atom. The number of rotatable bonds is 3. The molecule has 0 radical (unpaired) electrons. The normalized spacial score (nSPS) is 21.4. The van der Waals surface area contributed by atoms with E-state index < -0.39 is 0 Å². The molecule has 2 aromatic rings. The van der Waals surface area contributed by atoms with Crippen molar-refractivity contribution in [1.82, 2.24) is 0 Å². The monoisotopic (exact) mass is 353 g/mol. The second-order valence-corrected chi connectivity index (χ2v) is 6.48. The Kier molecular flexibility index (Phi) is 3.99. The zero-order valence-electron chi connectivity index (χ0n) is 10.7. The lowest BCUT2D eigenvalue weighted by Crippen LogP contribution is -2.33. The van der Waals surface area contributed by atoms with Crippen molar-refractivity contribution in [1.29, 1.82) is 0 Å².